The lowest BCUT2D eigenvalue weighted by Crippen LogP contribution is -2.52. The first-order valence-corrected chi connectivity index (χ1v) is 20.2. The summed E-state index contributed by atoms with van der Waals surface area (Å²) in [6.07, 6.45) is 11.5. The van der Waals surface area contributed by atoms with Crippen molar-refractivity contribution in [1.29, 1.82) is 0 Å². The Bertz CT molecular complexity index is 1810. The van der Waals surface area contributed by atoms with Crippen molar-refractivity contribution in [2.75, 3.05) is 37.8 Å². The number of sulfonamides is 1. The summed E-state index contributed by atoms with van der Waals surface area (Å²) in [4.78, 5) is 15.9. The second kappa shape index (κ2) is 14.2. The van der Waals surface area contributed by atoms with Crippen LogP contribution in [-0.4, -0.2) is 63.2 Å². The van der Waals surface area contributed by atoms with Gasteiger partial charge in [-0.3, -0.25) is 4.79 Å². The molecule has 1 saturated heterocycles. The molecule has 6 atom stereocenters. The number of nitrogens with zero attached hydrogens (tertiary/aromatic N) is 1. The topological polar surface area (TPSA) is 105 Å². The summed E-state index contributed by atoms with van der Waals surface area (Å²) in [5.74, 6) is 6.90. The van der Waals surface area contributed by atoms with Crippen LogP contribution in [0.1, 0.15) is 86.7 Å². The molecular formula is C40H49ClN2O6S. The van der Waals surface area contributed by atoms with E-state index in [4.69, 9.17) is 21.1 Å². The Morgan fingerprint density at radius 2 is 1.92 bits per heavy atom. The molecule has 2 aromatic rings. The molecule has 1 spiro atoms. The van der Waals surface area contributed by atoms with E-state index >= 15 is 0 Å². The fourth-order valence-electron chi connectivity index (χ4n) is 8.69. The van der Waals surface area contributed by atoms with Gasteiger partial charge in [0.1, 0.15) is 11.4 Å². The molecule has 268 valence electrons. The predicted molar refractivity (Wildman–Crippen MR) is 196 cm³/mol. The van der Waals surface area contributed by atoms with E-state index in [1.807, 2.05) is 25.1 Å². The summed E-state index contributed by atoms with van der Waals surface area (Å²) in [6.45, 7) is 6.75. The Kier molecular flexibility index (Phi) is 10.0. The van der Waals surface area contributed by atoms with E-state index in [1.165, 1.54) is 11.1 Å². The summed E-state index contributed by atoms with van der Waals surface area (Å²) in [7, 11) is -3.99. The Labute approximate surface area is 302 Å². The van der Waals surface area contributed by atoms with E-state index in [9.17, 15) is 18.3 Å². The molecule has 0 unspecified atom stereocenters. The summed E-state index contributed by atoms with van der Waals surface area (Å²) in [5.41, 5.74) is 1.84. The van der Waals surface area contributed by atoms with Gasteiger partial charge < -0.3 is 19.5 Å². The van der Waals surface area contributed by atoms with Crippen molar-refractivity contribution in [1.82, 2.24) is 4.72 Å². The number of benzene rings is 2. The van der Waals surface area contributed by atoms with Crippen LogP contribution in [0.3, 0.4) is 0 Å². The molecule has 0 radical (unpaired) electrons. The van der Waals surface area contributed by atoms with Crippen LogP contribution in [-0.2, 0) is 26.6 Å². The highest BCUT2D eigenvalue weighted by Crippen LogP contribution is 2.48. The molecule has 50 heavy (non-hydrogen) atoms. The average Bonchev–Trinajstić information content (AvgIpc) is 3.22. The maximum absolute atomic E-state index is 13.5. The van der Waals surface area contributed by atoms with Gasteiger partial charge in [0.2, 0.25) is 10.0 Å². The SMILES string of the molecule is C[C@@H]1[C@@H](C)C/C=C/[C@@](O)(C#CCC2CCOCC2)[C@@H]2CC[C@H]2CN2C[C@@]3(CCCc4cc(Cl)ccc43)COc3ccc(cc32)C(=O)NS1(=O)=O. The molecule has 2 aliphatic carbocycles. The van der Waals surface area contributed by atoms with Gasteiger partial charge in [-0.25, -0.2) is 13.1 Å². The second-order valence-corrected chi connectivity index (χ2v) is 17.9. The number of amides is 1. The van der Waals surface area contributed by atoms with E-state index in [0.717, 1.165) is 68.9 Å². The van der Waals surface area contributed by atoms with Gasteiger partial charge in [-0.05, 0) is 124 Å². The van der Waals surface area contributed by atoms with Crippen molar-refractivity contribution in [3.63, 3.8) is 0 Å². The van der Waals surface area contributed by atoms with Crippen LogP contribution in [0.2, 0.25) is 5.02 Å². The molecule has 8 nitrogen and oxygen atoms in total. The summed E-state index contributed by atoms with van der Waals surface area (Å²) in [6, 6.07) is 11.4. The summed E-state index contributed by atoms with van der Waals surface area (Å²) in [5, 5.41) is 12.3. The molecule has 2 N–H and O–H groups in total. The fourth-order valence-corrected chi connectivity index (χ4v) is 10.2. The number of carbonyl (C=O) groups excluding carboxylic acids is 1. The smallest absolute Gasteiger partial charge is 0.264 e. The molecule has 3 heterocycles. The second-order valence-electron chi connectivity index (χ2n) is 15.4. The predicted octanol–water partition coefficient (Wildman–Crippen LogP) is 6.43. The number of fused-ring (bicyclic) bond motifs is 4. The Morgan fingerprint density at radius 1 is 1.10 bits per heavy atom. The number of aryl methyl sites for hydroxylation is 1. The van der Waals surface area contributed by atoms with Crippen molar-refractivity contribution in [3.05, 3.63) is 70.3 Å². The van der Waals surface area contributed by atoms with E-state index in [0.29, 0.717) is 44.2 Å². The number of ether oxygens (including phenoxy) is 2. The zero-order valence-electron chi connectivity index (χ0n) is 29.1. The van der Waals surface area contributed by atoms with Crippen molar-refractivity contribution in [2.45, 2.75) is 87.9 Å². The Balaban J connectivity index is 1.29. The van der Waals surface area contributed by atoms with Gasteiger partial charge in [0.15, 0.2) is 0 Å². The largest absolute Gasteiger partial charge is 0.490 e. The van der Waals surface area contributed by atoms with Gasteiger partial charge >= 0.3 is 0 Å². The minimum atomic E-state index is -3.99. The highest BCUT2D eigenvalue weighted by molar-refractivity contribution is 7.90. The fraction of sp³-hybridized carbons (Fsp3) is 0.575. The van der Waals surface area contributed by atoms with Crippen LogP contribution in [0.25, 0.3) is 0 Å². The molecule has 2 aromatic carbocycles. The van der Waals surface area contributed by atoms with Gasteiger partial charge in [-0.1, -0.05) is 42.5 Å². The van der Waals surface area contributed by atoms with Crippen LogP contribution in [0, 0.1) is 35.5 Å². The monoisotopic (exact) mass is 720 g/mol. The van der Waals surface area contributed by atoms with Gasteiger partial charge in [0.05, 0.1) is 17.5 Å². The number of carbonyl (C=O) groups is 1. The number of anilines is 1. The molecule has 2 fully saturated rings. The van der Waals surface area contributed by atoms with Crippen molar-refractivity contribution >= 4 is 33.2 Å². The zero-order chi connectivity index (χ0) is 35.1. The summed E-state index contributed by atoms with van der Waals surface area (Å²) >= 11 is 6.45. The van der Waals surface area contributed by atoms with E-state index in [2.05, 4.69) is 33.6 Å². The maximum atomic E-state index is 13.5. The molecule has 5 aliphatic rings. The van der Waals surface area contributed by atoms with E-state index in [1.54, 1.807) is 25.1 Å². The van der Waals surface area contributed by atoms with E-state index < -0.39 is 26.8 Å². The van der Waals surface area contributed by atoms with Gasteiger partial charge in [-0.2, -0.15) is 0 Å². The third-order valence-electron chi connectivity index (χ3n) is 12.2. The molecule has 7 rings (SSSR count). The minimum Gasteiger partial charge on any atom is -0.490 e. The minimum absolute atomic E-state index is 0.0993. The standard InChI is InChI=1S/C40H49ClN2O6S/c1-27-6-3-18-40(45,19-4-7-29-15-20-48-21-16-29)35-12-9-32(35)24-43-25-39(17-5-8-30-22-33(41)11-13-34(30)39)26-49-37-14-10-31(23-36(37)43)38(44)42-50(46,47)28(27)2/h3,10-11,13-14,18,22-23,27-29,32,35,45H,5-9,12,15-17,20-21,24-26H2,1-2H3,(H,42,44)/b18-3+/t27-,28+,32-,35+,39-,40+/m0/s1. The lowest BCUT2D eigenvalue weighted by Gasteiger charge is -2.47. The van der Waals surface area contributed by atoms with Crippen LogP contribution in [0.15, 0.2) is 48.6 Å². The third-order valence-corrected chi connectivity index (χ3v) is 14.3. The Morgan fingerprint density at radius 3 is 2.70 bits per heavy atom. The molecule has 0 aromatic heterocycles. The van der Waals surface area contributed by atoms with Crippen molar-refractivity contribution in [2.24, 2.45) is 23.7 Å². The molecule has 1 saturated carbocycles. The number of halogens is 1. The first kappa shape index (κ1) is 35.4. The first-order chi connectivity index (χ1) is 24.0. The van der Waals surface area contributed by atoms with E-state index in [-0.39, 0.29) is 28.7 Å². The molecule has 2 bridgehead atoms. The van der Waals surface area contributed by atoms with Crippen LogP contribution >= 0.6 is 11.6 Å². The quantitative estimate of drug-likeness (QED) is 0.258. The van der Waals surface area contributed by atoms with Gasteiger partial charge in [0, 0.05) is 54.6 Å². The highest BCUT2D eigenvalue weighted by atomic mass is 35.5. The van der Waals surface area contributed by atoms with Crippen molar-refractivity contribution < 1.29 is 27.8 Å². The lowest BCUT2D eigenvalue weighted by atomic mass is 9.64. The molecule has 1 amide bonds. The number of allylic oxidation sites excluding steroid dienone is 1. The number of hydrogen-bond acceptors (Lipinski definition) is 7. The van der Waals surface area contributed by atoms with Gasteiger partial charge in [0.25, 0.3) is 5.91 Å². The number of hydrogen-bond donors (Lipinski definition) is 2. The number of nitrogens with one attached hydrogen (secondary N) is 1. The normalized spacial score (nSPS) is 33.3. The third kappa shape index (κ3) is 7.06. The first-order valence-electron chi connectivity index (χ1n) is 18.3. The van der Waals surface area contributed by atoms with Crippen LogP contribution in [0.4, 0.5) is 5.69 Å². The zero-order valence-corrected chi connectivity index (χ0v) is 30.7. The lowest BCUT2D eigenvalue weighted by molar-refractivity contribution is -0.00331. The maximum Gasteiger partial charge on any atom is 0.264 e. The number of aliphatic hydroxyl groups is 1. The van der Waals surface area contributed by atoms with Crippen LogP contribution < -0.4 is 14.4 Å². The molecular weight excluding hydrogens is 672 g/mol. The molecule has 3 aliphatic heterocycles. The van der Waals surface area contributed by atoms with Crippen molar-refractivity contribution in [3.8, 4) is 17.6 Å². The average molecular weight is 721 g/mol. The summed E-state index contributed by atoms with van der Waals surface area (Å²) < 4.78 is 41.4. The molecule has 10 heteroatoms. The van der Waals surface area contributed by atoms with Gasteiger partial charge in [-0.15, -0.1) is 0 Å². The Hall–Kier alpha value is -3.03. The number of rotatable bonds is 1. The van der Waals surface area contributed by atoms with Crippen LogP contribution in [0.5, 0.6) is 5.75 Å². The highest BCUT2D eigenvalue weighted by Gasteiger charge is 2.48.